The molecule has 0 unspecified atom stereocenters. The van der Waals surface area contributed by atoms with Gasteiger partial charge in [-0.25, -0.2) is 0 Å². The number of benzene rings is 2. The van der Waals surface area contributed by atoms with Crippen LogP contribution >= 0.6 is 0 Å². The van der Waals surface area contributed by atoms with Crippen molar-refractivity contribution in [2.45, 2.75) is 31.0 Å². The van der Waals surface area contributed by atoms with Crippen molar-refractivity contribution in [1.29, 1.82) is 0 Å². The maximum Gasteiger partial charge on any atom is 0.534 e. The average Bonchev–Trinajstić information content (AvgIpc) is 2.86. The third-order valence-electron chi connectivity index (χ3n) is 5.18. The predicted octanol–water partition coefficient (Wildman–Crippen LogP) is 5.18. The highest BCUT2D eigenvalue weighted by Gasteiger charge is 2.49. The summed E-state index contributed by atoms with van der Waals surface area (Å²) in [6.07, 6.45) is 1.91. The van der Waals surface area contributed by atoms with Crippen LogP contribution in [-0.4, -0.2) is 48.7 Å². The maximum atomic E-state index is 12.2. The van der Waals surface area contributed by atoms with E-state index in [1.54, 1.807) is 0 Å². The zero-order valence-corrected chi connectivity index (χ0v) is 22.8. The third kappa shape index (κ3) is 7.62. The summed E-state index contributed by atoms with van der Waals surface area (Å²) in [6, 6.07) is 9.87. The van der Waals surface area contributed by atoms with E-state index in [1.807, 2.05) is 0 Å². The van der Waals surface area contributed by atoms with Gasteiger partial charge in [0.2, 0.25) is 0 Å². The number of rotatable bonds is 6. The molecular weight excluding hydrogens is 622 g/mol. The van der Waals surface area contributed by atoms with E-state index >= 15 is 0 Å². The summed E-state index contributed by atoms with van der Waals surface area (Å²) in [5.74, 6) is -1.30. The summed E-state index contributed by atoms with van der Waals surface area (Å²) in [4.78, 5) is 19.0. The summed E-state index contributed by atoms with van der Waals surface area (Å²) in [5.41, 5.74) is -10.6. The summed E-state index contributed by atoms with van der Waals surface area (Å²) < 4.78 is 125. The summed E-state index contributed by atoms with van der Waals surface area (Å²) in [5, 5.41) is 11.2. The second kappa shape index (κ2) is 11.7. The van der Waals surface area contributed by atoms with Crippen LogP contribution in [0.1, 0.15) is 36.1 Å². The Hall–Kier alpha value is -4.03. The normalized spacial score (nSPS) is 13.3. The molecule has 0 aliphatic carbocycles. The van der Waals surface area contributed by atoms with Gasteiger partial charge in [0.05, 0.1) is 11.8 Å². The number of Topliss-reactive ketones (excluding diaryl/α,β-unsaturated/α-hetero) is 1. The van der Waals surface area contributed by atoms with Gasteiger partial charge < -0.3 is 13.5 Å². The average molecular weight is 641 g/mol. The number of hydrogen-bond acceptors (Lipinski definition) is 10. The SMILES string of the molecule is CC(=O)c1cc2cc(OS(=O)(=O)C(F)(F)F)ccc2cn1.C[C@@H](O)c1cc2cc(OS(=O)(=O)C(F)(F)F)ccc2cn1. The molecule has 2 aromatic carbocycles. The Morgan fingerprint density at radius 3 is 1.57 bits per heavy atom. The Morgan fingerprint density at radius 1 is 0.738 bits per heavy atom. The van der Waals surface area contributed by atoms with Crippen molar-refractivity contribution in [3.05, 3.63) is 72.3 Å². The Kier molecular flexibility index (Phi) is 9.04. The molecule has 10 nitrogen and oxygen atoms in total. The topological polar surface area (TPSA) is 150 Å². The molecule has 0 amide bonds. The largest absolute Gasteiger partial charge is 0.534 e. The number of alkyl halides is 6. The molecule has 2 heterocycles. The van der Waals surface area contributed by atoms with Crippen molar-refractivity contribution < 1.29 is 61.4 Å². The van der Waals surface area contributed by atoms with Crippen LogP contribution in [0.5, 0.6) is 11.5 Å². The van der Waals surface area contributed by atoms with Crippen LogP contribution in [0, 0.1) is 0 Å². The number of aliphatic hydroxyl groups excluding tert-OH is 1. The first-order valence-corrected chi connectivity index (χ1v) is 14.0. The van der Waals surface area contributed by atoms with Crippen molar-refractivity contribution in [1.82, 2.24) is 9.97 Å². The lowest BCUT2D eigenvalue weighted by molar-refractivity contribution is -0.0504. The van der Waals surface area contributed by atoms with E-state index in [2.05, 4.69) is 18.3 Å². The minimum Gasteiger partial charge on any atom is -0.387 e. The molecule has 1 atom stereocenters. The molecule has 0 fully saturated rings. The molecule has 0 radical (unpaired) electrons. The molecule has 4 rings (SSSR count). The van der Waals surface area contributed by atoms with Crippen molar-refractivity contribution in [3.63, 3.8) is 0 Å². The molecule has 42 heavy (non-hydrogen) atoms. The number of carbonyl (C=O) groups is 1. The lowest BCUT2D eigenvalue weighted by atomic mass is 10.1. The molecule has 0 saturated carbocycles. The van der Waals surface area contributed by atoms with E-state index < -0.39 is 48.9 Å². The molecule has 18 heteroatoms. The van der Waals surface area contributed by atoms with Crippen molar-refractivity contribution in [2.24, 2.45) is 0 Å². The lowest BCUT2D eigenvalue weighted by Crippen LogP contribution is -2.28. The highest BCUT2D eigenvalue weighted by molar-refractivity contribution is 7.88. The van der Waals surface area contributed by atoms with Crippen LogP contribution in [-0.2, 0) is 20.2 Å². The van der Waals surface area contributed by atoms with Gasteiger partial charge in [-0.1, -0.05) is 0 Å². The molecule has 0 spiro atoms. The molecule has 1 N–H and O–H groups in total. The Labute approximate surface area is 233 Å². The molecule has 0 bridgehead atoms. The predicted molar refractivity (Wildman–Crippen MR) is 135 cm³/mol. The van der Waals surface area contributed by atoms with E-state index in [0.29, 0.717) is 27.2 Å². The van der Waals surface area contributed by atoms with E-state index in [1.165, 1.54) is 50.5 Å². The molecule has 0 aliphatic heterocycles. The van der Waals surface area contributed by atoms with Crippen LogP contribution < -0.4 is 8.37 Å². The standard InChI is InChI=1S/C12H10F3NO4S.C12H8F3NO4S/c2*1-7(17)11-5-9-4-10(3-2-8(9)6-16-11)20-21(18,19)12(13,14)15/h2-7,17H,1H3;2-6H,1H3/t7-;/m1./s1. The van der Waals surface area contributed by atoms with Crippen LogP contribution in [0.15, 0.2) is 60.9 Å². The molecular formula is C24H18F6N2O8S2. The van der Waals surface area contributed by atoms with Crippen LogP contribution in [0.25, 0.3) is 21.5 Å². The van der Waals surface area contributed by atoms with Gasteiger partial charge in [-0.2, -0.15) is 43.2 Å². The summed E-state index contributed by atoms with van der Waals surface area (Å²) in [7, 11) is -11.4. The fraction of sp³-hybridized carbons (Fsp3) is 0.208. The van der Waals surface area contributed by atoms with Crippen molar-refractivity contribution in [3.8, 4) is 11.5 Å². The molecule has 0 aliphatic rings. The highest BCUT2D eigenvalue weighted by Crippen LogP contribution is 2.30. The number of nitrogens with zero attached hydrogens (tertiary/aromatic N) is 2. The van der Waals surface area contributed by atoms with Gasteiger partial charge in [0.1, 0.15) is 17.2 Å². The number of ketones is 1. The molecule has 226 valence electrons. The zero-order chi connectivity index (χ0) is 31.7. The van der Waals surface area contributed by atoms with Crippen LogP contribution in [0.4, 0.5) is 26.3 Å². The first-order chi connectivity index (χ1) is 19.2. The van der Waals surface area contributed by atoms with Crippen LogP contribution in [0.2, 0.25) is 0 Å². The Bertz CT molecular complexity index is 1860. The van der Waals surface area contributed by atoms with Gasteiger partial charge in [-0.3, -0.25) is 14.8 Å². The fourth-order valence-electron chi connectivity index (χ4n) is 3.13. The zero-order valence-electron chi connectivity index (χ0n) is 21.1. The van der Waals surface area contributed by atoms with Crippen LogP contribution in [0.3, 0.4) is 0 Å². The van der Waals surface area contributed by atoms with Gasteiger partial charge in [0.25, 0.3) is 0 Å². The first-order valence-electron chi connectivity index (χ1n) is 11.2. The van der Waals surface area contributed by atoms with Gasteiger partial charge in [-0.15, -0.1) is 0 Å². The number of aromatic nitrogens is 2. The van der Waals surface area contributed by atoms with Gasteiger partial charge in [0.15, 0.2) is 5.78 Å². The summed E-state index contributed by atoms with van der Waals surface area (Å²) >= 11 is 0. The monoisotopic (exact) mass is 640 g/mol. The fourth-order valence-corrected chi connectivity index (χ4v) is 4.03. The molecule has 4 aromatic rings. The smallest absolute Gasteiger partial charge is 0.387 e. The molecule has 2 aromatic heterocycles. The van der Waals surface area contributed by atoms with Gasteiger partial charge in [0, 0.05) is 30.1 Å². The lowest BCUT2D eigenvalue weighted by Gasteiger charge is -2.10. The summed E-state index contributed by atoms with van der Waals surface area (Å²) in [6.45, 7) is 2.76. The minimum absolute atomic E-state index is 0.110. The second-order valence-electron chi connectivity index (χ2n) is 8.40. The number of hydrogen-bond donors (Lipinski definition) is 1. The second-order valence-corrected chi connectivity index (χ2v) is 11.5. The van der Waals surface area contributed by atoms with E-state index in [9.17, 15) is 53.1 Å². The maximum absolute atomic E-state index is 12.2. The highest BCUT2D eigenvalue weighted by atomic mass is 32.2. The first kappa shape index (κ1) is 32.5. The van der Waals surface area contributed by atoms with E-state index in [-0.39, 0.29) is 11.5 Å². The number of halogens is 6. The Balaban J connectivity index is 0.000000230. The van der Waals surface area contributed by atoms with Crippen molar-refractivity contribution >= 4 is 47.6 Å². The quantitative estimate of drug-likeness (QED) is 0.129. The number of carbonyl (C=O) groups excluding carboxylic acids is 1. The number of aliphatic hydroxyl groups is 1. The number of pyridine rings is 2. The van der Waals surface area contributed by atoms with Crippen molar-refractivity contribution in [2.75, 3.05) is 0 Å². The van der Waals surface area contributed by atoms with Gasteiger partial charge >= 0.3 is 31.3 Å². The number of fused-ring (bicyclic) bond motifs is 2. The third-order valence-corrected chi connectivity index (χ3v) is 7.13. The van der Waals surface area contributed by atoms with E-state index in [4.69, 9.17) is 0 Å². The minimum atomic E-state index is -5.73. The van der Waals surface area contributed by atoms with Gasteiger partial charge in [-0.05, 0) is 66.2 Å². The molecule has 0 saturated heterocycles. The van der Waals surface area contributed by atoms with E-state index in [0.717, 1.165) is 24.3 Å². The Morgan fingerprint density at radius 2 is 1.17 bits per heavy atom.